The van der Waals surface area contributed by atoms with Crippen LogP contribution < -0.4 is 0 Å². The normalized spacial score (nSPS) is 14.5. The molecule has 1 aromatic rings. The van der Waals surface area contributed by atoms with Gasteiger partial charge in [0, 0.05) is 10.1 Å². The summed E-state index contributed by atoms with van der Waals surface area (Å²) in [6, 6.07) is 10.3. The average Bonchev–Trinajstić information content (AvgIpc) is 2.19. The number of aliphatic hydroxyl groups excluding tert-OH is 1. The summed E-state index contributed by atoms with van der Waals surface area (Å²) in [6.07, 6.45) is 3.00. The largest absolute Gasteiger partial charge is 0.393 e. The van der Waals surface area contributed by atoms with E-state index >= 15 is 0 Å². The standard InChI is InChI=1S/C13H18OS/c1-3-7-12(14)10-11(2)15-13-8-5-4-6-9-13/h3-6,8-9,11-12,14H,1,7,10H2,2H3. The predicted octanol–water partition coefficient (Wildman–Crippen LogP) is 3.49. The van der Waals surface area contributed by atoms with Crippen molar-refractivity contribution in [2.45, 2.75) is 36.0 Å². The molecule has 1 aromatic carbocycles. The Morgan fingerprint density at radius 2 is 2.07 bits per heavy atom. The van der Waals surface area contributed by atoms with Crippen LogP contribution in [0.4, 0.5) is 0 Å². The molecule has 0 aromatic heterocycles. The summed E-state index contributed by atoms with van der Waals surface area (Å²) in [4.78, 5) is 1.26. The van der Waals surface area contributed by atoms with Crippen molar-refractivity contribution < 1.29 is 5.11 Å². The molecule has 0 aliphatic heterocycles. The van der Waals surface area contributed by atoms with Crippen LogP contribution in [0.3, 0.4) is 0 Å². The van der Waals surface area contributed by atoms with Crippen LogP contribution in [0.15, 0.2) is 47.9 Å². The third-order valence-corrected chi connectivity index (χ3v) is 3.26. The first kappa shape index (κ1) is 12.3. The molecule has 0 radical (unpaired) electrons. The van der Waals surface area contributed by atoms with Gasteiger partial charge in [-0.15, -0.1) is 18.3 Å². The molecule has 1 nitrogen and oxygen atoms in total. The second-order valence-electron chi connectivity index (χ2n) is 3.66. The Hall–Kier alpha value is -0.730. The fourth-order valence-corrected chi connectivity index (χ4v) is 2.55. The SMILES string of the molecule is C=CCC(O)CC(C)Sc1ccccc1. The van der Waals surface area contributed by atoms with Crippen molar-refractivity contribution in [1.29, 1.82) is 0 Å². The van der Waals surface area contributed by atoms with Crippen molar-refractivity contribution in [2.75, 3.05) is 0 Å². The molecule has 2 atom stereocenters. The van der Waals surface area contributed by atoms with Crippen LogP contribution in [0.5, 0.6) is 0 Å². The average molecular weight is 222 g/mol. The van der Waals surface area contributed by atoms with Crippen molar-refractivity contribution in [1.82, 2.24) is 0 Å². The number of hydrogen-bond donors (Lipinski definition) is 1. The number of rotatable bonds is 6. The van der Waals surface area contributed by atoms with Gasteiger partial charge in [0.25, 0.3) is 0 Å². The van der Waals surface area contributed by atoms with E-state index in [-0.39, 0.29) is 6.10 Å². The molecule has 1 N–H and O–H groups in total. The lowest BCUT2D eigenvalue weighted by Gasteiger charge is -2.14. The van der Waals surface area contributed by atoms with E-state index in [2.05, 4.69) is 25.6 Å². The summed E-state index contributed by atoms with van der Waals surface area (Å²) in [5, 5.41) is 10.0. The van der Waals surface area contributed by atoms with Crippen molar-refractivity contribution in [3.63, 3.8) is 0 Å². The van der Waals surface area contributed by atoms with Crippen molar-refractivity contribution in [3.05, 3.63) is 43.0 Å². The zero-order valence-corrected chi connectivity index (χ0v) is 9.91. The van der Waals surface area contributed by atoms with E-state index in [0.717, 1.165) is 6.42 Å². The fourth-order valence-electron chi connectivity index (χ4n) is 1.45. The summed E-state index contributed by atoms with van der Waals surface area (Å²) < 4.78 is 0. The number of benzene rings is 1. The Kier molecular flexibility index (Phi) is 5.51. The van der Waals surface area contributed by atoms with E-state index < -0.39 is 0 Å². The van der Waals surface area contributed by atoms with Gasteiger partial charge in [-0.1, -0.05) is 31.2 Å². The van der Waals surface area contributed by atoms with E-state index in [9.17, 15) is 5.11 Å². The van der Waals surface area contributed by atoms with Crippen molar-refractivity contribution >= 4 is 11.8 Å². The van der Waals surface area contributed by atoms with Gasteiger partial charge in [0.2, 0.25) is 0 Å². The second kappa shape index (κ2) is 6.70. The van der Waals surface area contributed by atoms with E-state index in [1.54, 1.807) is 17.8 Å². The summed E-state index contributed by atoms with van der Waals surface area (Å²) >= 11 is 1.80. The number of aliphatic hydroxyl groups is 1. The van der Waals surface area contributed by atoms with E-state index in [1.807, 2.05) is 18.2 Å². The van der Waals surface area contributed by atoms with Crippen LogP contribution in [-0.4, -0.2) is 16.5 Å². The minimum atomic E-state index is -0.256. The molecule has 2 unspecified atom stereocenters. The maximum absolute atomic E-state index is 9.61. The van der Waals surface area contributed by atoms with Gasteiger partial charge in [0.1, 0.15) is 0 Å². The molecule has 0 aliphatic carbocycles. The number of thioether (sulfide) groups is 1. The van der Waals surface area contributed by atoms with Crippen LogP contribution in [0.25, 0.3) is 0 Å². The minimum absolute atomic E-state index is 0.256. The van der Waals surface area contributed by atoms with Gasteiger partial charge < -0.3 is 5.11 Å². The van der Waals surface area contributed by atoms with Crippen LogP contribution in [0.2, 0.25) is 0 Å². The Bertz CT molecular complexity index is 284. The third kappa shape index (κ3) is 5.05. The predicted molar refractivity (Wildman–Crippen MR) is 67.2 cm³/mol. The fraction of sp³-hybridized carbons (Fsp3) is 0.385. The van der Waals surface area contributed by atoms with Crippen molar-refractivity contribution in [3.8, 4) is 0 Å². The minimum Gasteiger partial charge on any atom is -0.393 e. The Morgan fingerprint density at radius 1 is 1.40 bits per heavy atom. The lowest BCUT2D eigenvalue weighted by molar-refractivity contribution is 0.168. The summed E-state index contributed by atoms with van der Waals surface area (Å²) in [5.74, 6) is 0. The van der Waals surface area contributed by atoms with Gasteiger partial charge in [-0.05, 0) is 25.0 Å². The summed E-state index contributed by atoms with van der Waals surface area (Å²) in [7, 11) is 0. The summed E-state index contributed by atoms with van der Waals surface area (Å²) in [5.41, 5.74) is 0. The van der Waals surface area contributed by atoms with Gasteiger partial charge >= 0.3 is 0 Å². The molecule has 1 rings (SSSR count). The van der Waals surface area contributed by atoms with Crippen LogP contribution in [0.1, 0.15) is 19.8 Å². The van der Waals surface area contributed by atoms with E-state index in [0.29, 0.717) is 11.7 Å². The molecule has 2 heteroatoms. The topological polar surface area (TPSA) is 20.2 Å². The maximum atomic E-state index is 9.61. The smallest absolute Gasteiger partial charge is 0.0585 e. The summed E-state index contributed by atoms with van der Waals surface area (Å²) in [6.45, 7) is 5.77. The third-order valence-electron chi connectivity index (χ3n) is 2.12. The molecule has 0 spiro atoms. The van der Waals surface area contributed by atoms with E-state index in [1.165, 1.54) is 4.90 Å². The first-order chi connectivity index (χ1) is 7.22. The lowest BCUT2D eigenvalue weighted by atomic mass is 10.1. The molecule has 0 saturated carbocycles. The molecule has 0 aliphatic rings. The van der Waals surface area contributed by atoms with Gasteiger partial charge in [-0.2, -0.15) is 0 Å². The van der Waals surface area contributed by atoms with Crippen LogP contribution in [-0.2, 0) is 0 Å². The molecule has 0 amide bonds. The maximum Gasteiger partial charge on any atom is 0.0585 e. The number of hydrogen-bond acceptors (Lipinski definition) is 2. The second-order valence-corrected chi connectivity index (χ2v) is 5.17. The zero-order valence-electron chi connectivity index (χ0n) is 9.10. The highest BCUT2D eigenvalue weighted by Gasteiger charge is 2.09. The zero-order chi connectivity index (χ0) is 11.1. The molecular weight excluding hydrogens is 204 g/mol. The Labute approximate surface area is 96.2 Å². The monoisotopic (exact) mass is 222 g/mol. The molecule has 0 bridgehead atoms. The molecule has 82 valence electrons. The highest BCUT2D eigenvalue weighted by Crippen LogP contribution is 2.25. The van der Waals surface area contributed by atoms with Crippen LogP contribution >= 0.6 is 11.8 Å². The van der Waals surface area contributed by atoms with Gasteiger partial charge in [-0.25, -0.2) is 0 Å². The molecule has 0 fully saturated rings. The Morgan fingerprint density at radius 3 is 2.67 bits per heavy atom. The first-order valence-electron chi connectivity index (χ1n) is 5.23. The van der Waals surface area contributed by atoms with E-state index in [4.69, 9.17) is 0 Å². The van der Waals surface area contributed by atoms with Crippen LogP contribution in [0, 0.1) is 0 Å². The van der Waals surface area contributed by atoms with Gasteiger partial charge in [-0.3, -0.25) is 0 Å². The molecular formula is C13H18OS. The highest BCUT2D eigenvalue weighted by atomic mass is 32.2. The quantitative estimate of drug-likeness (QED) is 0.587. The Balaban J connectivity index is 2.36. The van der Waals surface area contributed by atoms with Gasteiger partial charge in [0.15, 0.2) is 0 Å². The highest BCUT2D eigenvalue weighted by molar-refractivity contribution is 7.99. The molecule has 0 saturated heterocycles. The first-order valence-corrected chi connectivity index (χ1v) is 6.11. The molecule has 15 heavy (non-hydrogen) atoms. The lowest BCUT2D eigenvalue weighted by Crippen LogP contribution is -2.11. The molecule has 0 heterocycles. The van der Waals surface area contributed by atoms with Crippen molar-refractivity contribution in [2.24, 2.45) is 0 Å². The van der Waals surface area contributed by atoms with Gasteiger partial charge in [0.05, 0.1) is 6.10 Å².